The Labute approximate surface area is 156 Å². The van der Waals surface area contributed by atoms with E-state index < -0.39 is 17.5 Å². The summed E-state index contributed by atoms with van der Waals surface area (Å²) < 4.78 is 52.0. The number of halogens is 3. The SMILES string of the molecule is CCOc1ccc(-c2ccc(COc3ccc(C)c(F)c3F)cc2)cc1F. The van der Waals surface area contributed by atoms with Crippen LogP contribution in [0.15, 0.2) is 54.6 Å². The first-order valence-corrected chi connectivity index (χ1v) is 8.58. The molecule has 2 nitrogen and oxygen atoms in total. The Kier molecular flexibility index (Phi) is 5.69. The summed E-state index contributed by atoms with van der Waals surface area (Å²) in [5.41, 5.74) is 2.56. The maximum atomic E-state index is 14.0. The van der Waals surface area contributed by atoms with E-state index in [2.05, 4.69) is 0 Å². The highest BCUT2D eigenvalue weighted by atomic mass is 19.2. The zero-order valence-electron chi connectivity index (χ0n) is 15.1. The second kappa shape index (κ2) is 8.16. The van der Waals surface area contributed by atoms with Crippen molar-refractivity contribution in [3.05, 3.63) is 83.2 Å². The quantitative estimate of drug-likeness (QED) is 0.524. The van der Waals surface area contributed by atoms with Crippen LogP contribution in [-0.2, 0) is 6.61 Å². The zero-order chi connectivity index (χ0) is 19.4. The van der Waals surface area contributed by atoms with Crippen molar-refractivity contribution in [1.82, 2.24) is 0 Å². The summed E-state index contributed by atoms with van der Waals surface area (Å²) in [5.74, 6) is -2.22. The van der Waals surface area contributed by atoms with Crippen LogP contribution in [0.3, 0.4) is 0 Å². The minimum absolute atomic E-state index is 0.0946. The highest BCUT2D eigenvalue weighted by Gasteiger charge is 2.12. The molecule has 0 saturated carbocycles. The molecule has 0 unspecified atom stereocenters. The average Bonchev–Trinajstić information content (AvgIpc) is 2.68. The van der Waals surface area contributed by atoms with Crippen LogP contribution in [0.25, 0.3) is 11.1 Å². The number of hydrogen-bond donors (Lipinski definition) is 0. The molecule has 0 heterocycles. The molecule has 3 rings (SSSR count). The molecule has 0 radical (unpaired) electrons. The molecule has 0 fully saturated rings. The Morgan fingerprint density at radius 3 is 2.07 bits per heavy atom. The summed E-state index contributed by atoms with van der Waals surface area (Å²) in [6.45, 7) is 3.78. The summed E-state index contributed by atoms with van der Waals surface area (Å²) in [6, 6.07) is 14.9. The van der Waals surface area contributed by atoms with Crippen molar-refractivity contribution in [3.8, 4) is 22.6 Å². The van der Waals surface area contributed by atoms with E-state index in [1.54, 1.807) is 31.2 Å². The van der Waals surface area contributed by atoms with E-state index in [4.69, 9.17) is 9.47 Å². The molecule has 0 aromatic heterocycles. The van der Waals surface area contributed by atoms with Crippen LogP contribution in [0.4, 0.5) is 13.2 Å². The monoisotopic (exact) mass is 372 g/mol. The van der Waals surface area contributed by atoms with Crippen molar-refractivity contribution in [3.63, 3.8) is 0 Å². The standard InChI is InChI=1S/C22H19F3O2/c1-3-26-19-11-9-17(12-18(19)23)16-7-5-15(6-8-16)13-27-20-10-4-14(2)21(24)22(20)25/h4-12H,3,13H2,1-2H3. The van der Waals surface area contributed by atoms with Gasteiger partial charge in [0.25, 0.3) is 0 Å². The molecule has 5 heteroatoms. The normalized spacial score (nSPS) is 10.7. The van der Waals surface area contributed by atoms with Crippen LogP contribution in [0.1, 0.15) is 18.1 Å². The molecule has 0 amide bonds. The Balaban J connectivity index is 1.71. The number of aryl methyl sites for hydroxylation is 1. The Hall–Kier alpha value is -2.95. The number of benzene rings is 3. The van der Waals surface area contributed by atoms with Gasteiger partial charge in [-0.2, -0.15) is 4.39 Å². The van der Waals surface area contributed by atoms with Gasteiger partial charge in [0.05, 0.1) is 6.61 Å². The first kappa shape index (κ1) is 18.8. The van der Waals surface area contributed by atoms with Gasteiger partial charge in [-0.15, -0.1) is 0 Å². The lowest BCUT2D eigenvalue weighted by Gasteiger charge is -2.10. The highest BCUT2D eigenvalue weighted by molar-refractivity contribution is 5.64. The molecule has 3 aromatic carbocycles. The second-order valence-electron chi connectivity index (χ2n) is 6.07. The van der Waals surface area contributed by atoms with Gasteiger partial charge in [0.15, 0.2) is 23.1 Å². The van der Waals surface area contributed by atoms with Gasteiger partial charge in [-0.1, -0.05) is 36.4 Å². The Bertz CT molecular complexity index is 937. The van der Waals surface area contributed by atoms with E-state index in [1.807, 2.05) is 12.1 Å². The molecule has 140 valence electrons. The summed E-state index contributed by atoms with van der Waals surface area (Å²) in [6.07, 6.45) is 0. The smallest absolute Gasteiger partial charge is 0.200 e. The van der Waals surface area contributed by atoms with Crippen LogP contribution >= 0.6 is 0 Å². The lowest BCUT2D eigenvalue weighted by Crippen LogP contribution is -2.00. The van der Waals surface area contributed by atoms with Crippen LogP contribution in [0, 0.1) is 24.4 Å². The average molecular weight is 372 g/mol. The fourth-order valence-electron chi connectivity index (χ4n) is 2.65. The van der Waals surface area contributed by atoms with Gasteiger partial charge in [-0.25, -0.2) is 8.78 Å². The van der Waals surface area contributed by atoms with Gasteiger partial charge in [-0.05, 0) is 54.3 Å². The van der Waals surface area contributed by atoms with Gasteiger partial charge >= 0.3 is 0 Å². The van der Waals surface area contributed by atoms with E-state index in [1.165, 1.54) is 25.1 Å². The third kappa shape index (κ3) is 4.25. The largest absolute Gasteiger partial charge is 0.491 e. The van der Waals surface area contributed by atoms with Gasteiger partial charge < -0.3 is 9.47 Å². The summed E-state index contributed by atoms with van der Waals surface area (Å²) in [7, 11) is 0. The van der Waals surface area contributed by atoms with Crippen molar-refractivity contribution in [2.24, 2.45) is 0 Å². The molecule has 27 heavy (non-hydrogen) atoms. The van der Waals surface area contributed by atoms with Crippen molar-refractivity contribution in [2.45, 2.75) is 20.5 Å². The Morgan fingerprint density at radius 2 is 1.41 bits per heavy atom. The number of rotatable bonds is 6. The van der Waals surface area contributed by atoms with E-state index in [-0.39, 0.29) is 23.7 Å². The molecule has 3 aromatic rings. The fourth-order valence-corrected chi connectivity index (χ4v) is 2.65. The minimum Gasteiger partial charge on any atom is -0.491 e. The minimum atomic E-state index is -0.989. The van der Waals surface area contributed by atoms with E-state index in [0.717, 1.165) is 16.7 Å². The first-order valence-electron chi connectivity index (χ1n) is 8.58. The molecule has 0 atom stereocenters. The molecule has 0 saturated heterocycles. The maximum absolute atomic E-state index is 14.0. The summed E-state index contributed by atoms with van der Waals surface area (Å²) in [4.78, 5) is 0. The molecular weight excluding hydrogens is 353 g/mol. The predicted molar refractivity (Wildman–Crippen MR) is 98.4 cm³/mol. The van der Waals surface area contributed by atoms with Crippen molar-refractivity contribution in [2.75, 3.05) is 6.61 Å². The van der Waals surface area contributed by atoms with Crippen molar-refractivity contribution in [1.29, 1.82) is 0 Å². The van der Waals surface area contributed by atoms with E-state index in [9.17, 15) is 13.2 Å². The van der Waals surface area contributed by atoms with Gasteiger partial charge in [0, 0.05) is 0 Å². The van der Waals surface area contributed by atoms with Gasteiger partial charge in [0.1, 0.15) is 6.61 Å². The molecule has 0 aliphatic carbocycles. The second-order valence-corrected chi connectivity index (χ2v) is 6.07. The molecule has 0 aliphatic heterocycles. The Morgan fingerprint density at radius 1 is 0.741 bits per heavy atom. The van der Waals surface area contributed by atoms with Crippen LogP contribution in [-0.4, -0.2) is 6.61 Å². The van der Waals surface area contributed by atoms with Gasteiger partial charge in [-0.3, -0.25) is 0 Å². The highest BCUT2D eigenvalue weighted by Crippen LogP contribution is 2.27. The summed E-state index contributed by atoms with van der Waals surface area (Å²) in [5, 5.41) is 0. The third-order valence-corrected chi connectivity index (χ3v) is 4.15. The fraction of sp³-hybridized carbons (Fsp3) is 0.182. The number of hydrogen-bond acceptors (Lipinski definition) is 2. The lowest BCUT2D eigenvalue weighted by molar-refractivity contribution is 0.284. The zero-order valence-corrected chi connectivity index (χ0v) is 15.1. The molecular formula is C22H19F3O2. The van der Waals surface area contributed by atoms with E-state index >= 15 is 0 Å². The molecule has 0 spiro atoms. The molecule has 0 bridgehead atoms. The summed E-state index contributed by atoms with van der Waals surface area (Å²) >= 11 is 0. The molecule has 0 N–H and O–H groups in total. The first-order chi connectivity index (χ1) is 13.0. The van der Waals surface area contributed by atoms with Crippen LogP contribution in [0.2, 0.25) is 0 Å². The predicted octanol–water partition coefficient (Wildman–Crippen LogP) is 6.06. The number of ether oxygens (including phenoxy) is 2. The van der Waals surface area contributed by atoms with Crippen LogP contribution in [0.5, 0.6) is 11.5 Å². The van der Waals surface area contributed by atoms with Crippen molar-refractivity contribution >= 4 is 0 Å². The third-order valence-electron chi connectivity index (χ3n) is 4.15. The lowest BCUT2D eigenvalue weighted by atomic mass is 10.0. The molecule has 0 aliphatic rings. The van der Waals surface area contributed by atoms with Gasteiger partial charge in [0.2, 0.25) is 5.82 Å². The van der Waals surface area contributed by atoms with Crippen molar-refractivity contribution < 1.29 is 22.6 Å². The van der Waals surface area contributed by atoms with Crippen LogP contribution < -0.4 is 9.47 Å². The topological polar surface area (TPSA) is 18.5 Å². The van der Waals surface area contributed by atoms with E-state index in [0.29, 0.717) is 6.61 Å². The maximum Gasteiger partial charge on any atom is 0.200 e.